The number of hydrogen-bond acceptors (Lipinski definition) is 3. The first-order chi connectivity index (χ1) is 9.12. The van der Waals surface area contributed by atoms with Crippen molar-refractivity contribution in [1.82, 2.24) is 4.72 Å². The molecule has 0 saturated heterocycles. The van der Waals surface area contributed by atoms with Crippen molar-refractivity contribution in [1.29, 1.82) is 0 Å². The second-order valence-electron chi connectivity index (χ2n) is 4.90. The minimum atomic E-state index is -3.39. The van der Waals surface area contributed by atoms with Gasteiger partial charge in [0.1, 0.15) is 0 Å². The summed E-state index contributed by atoms with van der Waals surface area (Å²) in [5.41, 5.74) is 0.0377. The van der Waals surface area contributed by atoms with Crippen molar-refractivity contribution in [3.63, 3.8) is 0 Å². The van der Waals surface area contributed by atoms with Crippen LogP contribution in [0.25, 0.3) is 0 Å². The maximum absolute atomic E-state index is 12.2. The monoisotopic (exact) mass is 293 g/mol. The van der Waals surface area contributed by atoms with E-state index in [1.54, 1.807) is 35.6 Å². The maximum Gasteiger partial charge on any atom is 0.240 e. The Labute approximate surface area is 117 Å². The first-order valence-corrected chi connectivity index (χ1v) is 8.57. The van der Waals surface area contributed by atoms with Crippen molar-refractivity contribution >= 4 is 21.4 Å². The fraction of sp³-hybridized carbons (Fsp3) is 0.286. The second-order valence-corrected chi connectivity index (χ2v) is 7.61. The molecule has 1 aromatic heterocycles. The summed E-state index contributed by atoms with van der Waals surface area (Å²) >= 11 is 1.70. The van der Waals surface area contributed by atoms with Gasteiger partial charge in [-0.25, -0.2) is 13.1 Å². The van der Waals surface area contributed by atoms with Gasteiger partial charge in [-0.15, -0.1) is 11.3 Å². The van der Waals surface area contributed by atoms with Crippen molar-refractivity contribution in [2.75, 3.05) is 6.54 Å². The van der Waals surface area contributed by atoms with E-state index in [4.69, 9.17) is 0 Å². The zero-order chi connectivity index (χ0) is 13.3. The van der Waals surface area contributed by atoms with E-state index in [-0.39, 0.29) is 5.41 Å². The molecule has 19 heavy (non-hydrogen) atoms. The van der Waals surface area contributed by atoms with Crippen LogP contribution in [0.3, 0.4) is 0 Å². The number of thiophene rings is 1. The van der Waals surface area contributed by atoms with Gasteiger partial charge in [0.15, 0.2) is 0 Å². The molecule has 2 aromatic rings. The van der Waals surface area contributed by atoms with Gasteiger partial charge in [-0.05, 0) is 36.4 Å². The molecule has 1 aliphatic rings. The number of nitrogens with one attached hydrogen (secondary N) is 1. The van der Waals surface area contributed by atoms with Crippen LogP contribution in [0.1, 0.15) is 17.7 Å². The molecular weight excluding hydrogens is 278 g/mol. The summed E-state index contributed by atoms with van der Waals surface area (Å²) in [6, 6.07) is 12.6. The molecule has 1 aromatic carbocycles. The molecule has 0 radical (unpaired) electrons. The molecule has 5 heteroatoms. The van der Waals surface area contributed by atoms with Gasteiger partial charge in [0, 0.05) is 16.8 Å². The predicted molar refractivity (Wildman–Crippen MR) is 76.9 cm³/mol. The molecular formula is C14H15NO2S2. The van der Waals surface area contributed by atoms with E-state index < -0.39 is 10.0 Å². The summed E-state index contributed by atoms with van der Waals surface area (Å²) in [5, 5.41) is 2.04. The zero-order valence-corrected chi connectivity index (χ0v) is 12.0. The maximum atomic E-state index is 12.2. The van der Waals surface area contributed by atoms with Crippen LogP contribution in [-0.4, -0.2) is 15.0 Å². The van der Waals surface area contributed by atoms with E-state index in [1.807, 2.05) is 17.5 Å². The van der Waals surface area contributed by atoms with E-state index in [9.17, 15) is 8.42 Å². The Hall–Kier alpha value is -1.17. The lowest BCUT2D eigenvalue weighted by atomic mass is 10.1. The third-order valence-electron chi connectivity index (χ3n) is 3.55. The van der Waals surface area contributed by atoms with Gasteiger partial charge < -0.3 is 0 Å². The summed E-state index contributed by atoms with van der Waals surface area (Å²) in [7, 11) is -3.39. The van der Waals surface area contributed by atoms with Crippen molar-refractivity contribution in [2.45, 2.75) is 23.2 Å². The molecule has 3 nitrogen and oxygen atoms in total. The molecule has 0 unspecified atom stereocenters. The van der Waals surface area contributed by atoms with Crippen LogP contribution < -0.4 is 4.72 Å². The Balaban J connectivity index is 1.74. The van der Waals surface area contributed by atoms with Crippen molar-refractivity contribution in [3.8, 4) is 0 Å². The third-order valence-corrected chi connectivity index (χ3v) is 6.08. The first kappa shape index (κ1) is 12.8. The lowest BCUT2D eigenvalue weighted by molar-refractivity contribution is 0.569. The van der Waals surface area contributed by atoms with Crippen molar-refractivity contribution < 1.29 is 8.42 Å². The van der Waals surface area contributed by atoms with Gasteiger partial charge in [-0.2, -0.15) is 0 Å². The molecule has 0 amide bonds. The molecule has 0 aliphatic heterocycles. The number of benzene rings is 1. The molecule has 1 aliphatic carbocycles. The Morgan fingerprint density at radius 3 is 2.42 bits per heavy atom. The molecule has 1 heterocycles. The van der Waals surface area contributed by atoms with Gasteiger partial charge in [0.25, 0.3) is 0 Å². The fourth-order valence-corrected chi connectivity index (χ4v) is 4.29. The van der Waals surface area contributed by atoms with E-state index in [0.29, 0.717) is 11.4 Å². The fourth-order valence-electron chi connectivity index (χ4n) is 2.16. The highest BCUT2D eigenvalue weighted by Gasteiger charge is 2.45. The van der Waals surface area contributed by atoms with Gasteiger partial charge in [-0.1, -0.05) is 24.3 Å². The van der Waals surface area contributed by atoms with Crippen LogP contribution in [0.4, 0.5) is 0 Å². The van der Waals surface area contributed by atoms with Gasteiger partial charge >= 0.3 is 0 Å². The summed E-state index contributed by atoms with van der Waals surface area (Å²) in [4.78, 5) is 1.61. The number of sulfonamides is 1. The zero-order valence-electron chi connectivity index (χ0n) is 10.4. The number of hydrogen-bond donors (Lipinski definition) is 1. The lowest BCUT2D eigenvalue weighted by Crippen LogP contribution is -2.31. The van der Waals surface area contributed by atoms with E-state index in [0.717, 1.165) is 12.8 Å². The SMILES string of the molecule is O=S(=O)(NCC1(c2cccs2)CC1)c1ccccc1. The lowest BCUT2D eigenvalue weighted by Gasteiger charge is -2.14. The third kappa shape index (κ3) is 2.59. The minimum Gasteiger partial charge on any atom is -0.210 e. The summed E-state index contributed by atoms with van der Waals surface area (Å²) in [5.74, 6) is 0. The van der Waals surface area contributed by atoms with Crippen LogP contribution >= 0.6 is 11.3 Å². The highest BCUT2D eigenvalue weighted by molar-refractivity contribution is 7.89. The van der Waals surface area contributed by atoms with Crippen molar-refractivity contribution in [3.05, 3.63) is 52.7 Å². The Morgan fingerprint density at radius 1 is 1.11 bits per heavy atom. The molecule has 0 atom stereocenters. The van der Waals surface area contributed by atoms with Crippen LogP contribution in [0.5, 0.6) is 0 Å². The first-order valence-electron chi connectivity index (χ1n) is 6.21. The molecule has 1 N–H and O–H groups in total. The summed E-state index contributed by atoms with van der Waals surface area (Å²) in [6.45, 7) is 0.491. The van der Waals surface area contributed by atoms with Crippen LogP contribution in [0.15, 0.2) is 52.7 Å². The van der Waals surface area contributed by atoms with Crippen LogP contribution in [-0.2, 0) is 15.4 Å². The Morgan fingerprint density at radius 2 is 1.84 bits per heavy atom. The molecule has 1 saturated carbocycles. The van der Waals surface area contributed by atoms with E-state index in [1.165, 1.54) is 4.88 Å². The predicted octanol–water partition coefficient (Wildman–Crippen LogP) is 2.76. The standard InChI is InChI=1S/C14H15NO2S2/c16-19(17,12-5-2-1-3-6-12)15-11-14(8-9-14)13-7-4-10-18-13/h1-7,10,15H,8-9,11H2. The topological polar surface area (TPSA) is 46.2 Å². The Bertz CT molecular complexity index is 644. The molecule has 0 bridgehead atoms. The molecule has 1 fully saturated rings. The van der Waals surface area contributed by atoms with Crippen LogP contribution in [0, 0.1) is 0 Å². The second kappa shape index (κ2) is 4.74. The average molecular weight is 293 g/mol. The molecule has 0 spiro atoms. The normalized spacial score (nSPS) is 17.3. The van der Waals surface area contributed by atoms with E-state index >= 15 is 0 Å². The Kier molecular flexibility index (Phi) is 3.20. The molecule has 100 valence electrons. The smallest absolute Gasteiger partial charge is 0.210 e. The summed E-state index contributed by atoms with van der Waals surface area (Å²) < 4.78 is 27.1. The largest absolute Gasteiger partial charge is 0.240 e. The van der Waals surface area contributed by atoms with E-state index in [2.05, 4.69) is 10.8 Å². The van der Waals surface area contributed by atoms with Crippen molar-refractivity contribution in [2.24, 2.45) is 0 Å². The van der Waals surface area contributed by atoms with Gasteiger partial charge in [0.2, 0.25) is 10.0 Å². The number of rotatable bonds is 5. The van der Waals surface area contributed by atoms with Gasteiger partial charge in [-0.3, -0.25) is 0 Å². The van der Waals surface area contributed by atoms with Crippen LogP contribution in [0.2, 0.25) is 0 Å². The summed E-state index contributed by atoms with van der Waals surface area (Å²) in [6.07, 6.45) is 2.12. The quantitative estimate of drug-likeness (QED) is 0.921. The highest BCUT2D eigenvalue weighted by atomic mass is 32.2. The minimum absolute atomic E-state index is 0.0377. The average Bonchev–Trinajstić information content (AvgIpc) is 3.02. The van der Waals surface area contributed by atoms with Gasteiger partial charge in [0.05, 0.1) is 4.90 Å². The highest BCUT2D eigenvalue weighted by Crippen LogP contribution is 2.49. The molecule has 3 rings (SSSR count).